The number of ether oxygens (including phenoxy) is 1. The van der Waals surface area contributed by atoms with E-state index in [1.165, 1.54) is 5.69 Å². The van der Waals surface area contributed by atoms with Crippen LogP contribution in [-0.2, 0) is 4.74 Å². The molecule has 0 saturated carbocycles. The van der Waals surface area contributed by atoms with Crippen molar-refractivity contribution >= 4 is 11.5 Å². The Hall–Kier alpha value is -1.39. The molecule has 1 aliphatic rings. The average molecular weight is 290 g/mol. The van der Waals surface area contributed by atoms with E-state index in [0.717, 1.165) is 51.5 Å². The van der Waals surface area contributed by atoms with Crippen LogP contribution in [0.3, 0.4) is 0 Å². The van der Waals surface area contributed by atoms with Gasteiger partial charge in [0.25, 0.3) is 0 Å². The number of ketones is 1. The molecule has 0 radical (unpaired) electrons. The fraction of sp³-hybridized carbons (Fsp3) is 0.588. The van der Waals surface area contributed by atoms with Gasteiger partial charge in [-0.1, -0.05) is 0 Å². The van der Waals surface area contributed by atoms with E-state index < -0.39 is 0 Å². The van der Waals surface area contributed by atoms with Crippen molar-refractivity contribution < 1.29 is 9.53 Å². The largest absolute Gasteiger partial charge is 0.379 e. The van der Waals surface area contributed by atoms with E-state index in [0.29, 0.717) is 6.42 Å². The van der Waals surface area contributed by atoms with Crippen LogP contribution in [0.1, 0.15) is 30.6 Å². The van der Waals surface area contributed by atoms with Crippen molar-refractivity contribution in [1.82, 2.24) is 4.90 Å². The first-order chi connectivity index (χ1) is 10.2. The predicted molar refractivity (Wildman–Crippen MR) is 86.2 cm³/mol. The highest BCUT2D eigenvalue weighted by molar-refractivity contribution is 5.96. The molecule has 0 aliphatic carbocycles. The zero-order chi connectivity index (χ0) is 15.1. The summed E-state index contributed by atoms with van der Waals surface area (Å²) in [6.45, 7) is 10.5. The SMILES string of the molecule is CCN(CC)c1ccc(C(=O)CCN2CCOCC2)cc1. The van der Waals surface area contributed by atoms with Gasteiger partial charge in [-0.2, -0.15) is 0 Å². The fourth-order valence-electron chi connectivity index (χ4n) is 2.68. The molecule has 0 amide bonds. The second kappa shape index (κ2) is 8.15. The first-order valence-corrected chi connectivity index (χ1v) is 7.93. The number of anilines is 1. The molecule has 0 atom stereocenters. The van der Waals surface area contributed by atoms with Crippen LogP contribution in [0.4, 0.5) is 5.69 Å². The highest BCUT2D eigenvalue weighted by Gasteiger charge is 2.13. The third-order valence-electron chi connectivity index (χ3n) is 4.08. The molecule has 1 heterocycles. The van der Waals surface area contributed by atoms with Crippen molar-refractivity contribution in [3.8, 4) is 0 Å². The van der Waals surface area contributed by atoms with Gasteiger partial charge in [-0.15, -0.1) is 0 Å². The third kappa shape index (κ3) is 4.55. The molecule has 116 valence electrons. The number of hydrogen-bond acceptors (Lipinski definition) is 4. The molecule has 4 heteroatoms. The second-order valence-electron chi connectivity index (χ2n) is 5.35. The molecular formula is C17H26N2O2. The van der Waals surface area contributed by atoms with Gasteiger partial charge in [0.2, 0.25) is 0 Å². The molecule has 0 N–H and O–H groups in total. The van der Waals surface area contributed by atoms with Crippen molar-refractivity contribution in [1.29, 1.82) is 0 Å². The second-order valence-corrected chi connectivity index (χ2v) is 5.35. The Labute approximate surface area is 127 Å². The topological polar surface area (TPSA) is 32.8 Å². The van der Waals surface area contributed by atoms with Gasteiger partial charge in [0.05, 0.1) is 13.2 Å². The Morgan fingerprint density at radius 1 is 1.14 bits per heavy atom. The van der Waals surface area contributed by atoms with Gasteiger partial charge in [-0.3, -0.25) is 9.69 Å². The molecule has 1 aromatic rings. The van der Waals surface area contributed by atoms with E-state index in [1.807, 2.05) is 12.1 Å². The van der Waals surface area contributed by atoms with Crippen LogP contribution in [0.2, 0.25) is 0 Å². The summed E-state index contributed by atoms with van der Waals surface area (Å²) in [6.07, 6.45) is 0.588. The van der Waals surface area contributed by atoms with E-state index in [-0.39, 0.29) is 5.78 Å². The van der Waals surface area contributed by atoms with Gasteiger partial charge < -0.3 is 9.64 Å². The lowest BCUT2D eigenvalue weighted by Gasteiger charge is -2.26. The van der Waals surface area contributed by atoms with Crippen molar-refractivity contribution in [2.45, 2.75) is 20.3 Å². The standard InChI is InChI=1S/C17H26N2O2/c1-3-19(4-2)16-7-5-15(6-8-16)17(20)9-10-18-11-13-21-14-12-18/h5-8H,3-4,9-14H2,1-2H3. The van der Waals surface area contributed by atoms with E-state index in [9.17, 15) is 4.79 Å². The first-order valence-electron chi connectivity index (χ1n) is 7.93. The van der Waals surface area contributed by atoms with Crippen LogP contribution in [0, 0.1) is 0 Å². The number of rotatable bonds is 7. The summed E-state index contributed by atoms with van der Waals surface area (Å²) in [6, 6.07) is 8.01. The lowest BCUT2D eigenvalue weighted by Crippen LogP contribution is -2.37. The molecule has 2 rings (SSSR count). The van der Waals surface area contributed by atoms with Gasteiger partial charge in [0.1, 0.15) is 0 Å². The average Bonchev–Trinajstić information content (AvgIpc) is 2.55. The minimum Gasteiger partial charge on any atom is -0.379 e. The van der Waals surface area contributed by atoms with E-state index in [2.05, 4.69) is 35.8 Å². The summed E-state index contributed by atoms with van der Waals surface area (Å²) < 4.78 is 5.32. The van der Waals surface area contributed by atoms with Gasteiger partial charge in [-0.05, 0) is 38.1 Å². The molecule has 0 bridgehead atoms. The predicted octanol–water partition coefficient (Wildman–Crippen LogP) is 2.44. The van der Waals surface area contributed by atoms with E-state index in [1.54, 1.807) is 0 Å². The molecule has 0 spiro atoms. The summed E-state index contributed by atoms with van der Waals surface area (Å²) in [5, 5.41) is 0. The van der Waals surface area contributed by atoms with Crippen molar-refractivity contribution in [3.05, 3.63) is 29.8 Å². The molecule has 0 aromatic heterocycles. The number of hydrogen-bond donors (Lipinski definition) is 0. The van der Waals surface area contributed by atoms with E-state index >= 15 is 0 Å². The molecule has 1 saturated heterocycles. The molecule has 1 fully saturated rings. The number of benzene rings is 1. The van der Waals surface area contributed by atoms with Crippen LogP contribution in [0.5, 0.6) is 0 Å². The van der Waals surface area contributed by atoms with Gasteiger partial charge >= 0.3 is 0 Å². The highest BCUT2D eigenvalue weighted by Crippen LogP contribution is 2.16. The minimum atomic E-state index is 0.229. The maximum Gasteiger partial charge on any atom is 0.164 e. The molecule has 21 heavy (non-hydrogen) atoms. The van der Waals surface area contributed by atoms with Gasteiger partial charge in [0, 0.05) is 50.4 Å². The van der Waals surface area contributed by atoms with Crippen LogP contribution in [0.15, 0.2) is 24.3 Å². The Bertz CT molecular complexity index is 435. The lowest BCUT2D eigenvalue weighted by molar-refractivity contribution is 0.0370. The summed E-state index contributed by atoms with van der Waals surface area (Å²) in [5.74, 6) is 0.229. The van der Waals surface area contributed by atoms with Crippen molar-refractivity contribution in [3.63, 3.8) is 0 Å². The zero-order valence-corrected chi connectivity index (χ0v) is 13.2. The molecule has 1 aliphatic heterocycles. The van der Waals surface area contributed by atoms with Crippen LogP contribution in [-0.4, -0.2) is 56.6 Å². The highest BCUT2D eigenvalue weighted by atomic mass is 16.5. The normalized spacial score (nSPS) is 15.9. The monoisotopic (exact) mass is 290 g/mol. The Morgan fingerprint density at radius 3 is 2.33 bits per heavy atom. The molecular weight excluding hydrogens is 264 g/mol. The van der Waals surface area contributed by atoms with Gasteiger partial charge in [-0.25, -0.2) is 0 Å². The number of nitrogens with zero attached hydrogens (tertiary/aromatic N) is 2. The van der Waals surface area contributed by atoms with E-state index in [4.69, 9.17) is 4.74 Å². The smallest absolute Gasteiger partial charge is 0.164 e. The fourth-order valence-corrected chi connectivity index (χ4v) is 2.68. The summed E-state index contributed by atoms with van der Waals surface area (Å²) in [7, 11) is 0. The Balaban J connectivity index is 1.87. The molecule has 0 unspecified atom stereocenters. The Kier molecular flexibility index (Phi) is 6.21. The number of carbonyl (C=O) groups excluding carboxylic acids is 1. The van der Waals surface area contributed by atoms with Crippen molar-refractivity contribution in [2.75, 3.05) is 50.8 Å². The zero-order valence-electron chi connectivity index (χ0n) is 13.2. The maximum atomic E-state index is 12.2. The lowest BCUT2D eigenvalue weighted by atomic mass is 10.1. The minimum absolute atomic E-state index is 0.229. The molecule has 4 nitrogen and oxygen atoms in total. The number of Topliss-reactive ketones (excluding diaryl/α,β-unsaturated/α-hetero) is 1. The summed E-state index contributed by atoms with van der Waals surface area (Å²) in [4.78, 5) is 16.8. The quantitative estimate of drug-likeness (QED) is 0.722. The summed E-state index contributed by atoms with van der Waals surface area (Å²) in [5.41, 5.74) is 2.00. The molecule has 1 aromatic carbocycles. The van der Waals surface area contributed by atoms with Crippen LogP contribution >= 0.6 is 0 Å². The maximum absolute atomic E-state index is 12.2. The first kappa shape index (κ1) is 16.0. The van der Waals surface area contributed by atoms with Gasteiger partial charge in [0.15, 0.2) is 5.78 Å². The Morgan fingerprint density at radius 2 is 1.76 bits per heavy atom. The number of morpholine rings is 1. The van der Waals surface area contributed by atoms with Crippen molar-refractivity contribution in [2.24, 2.45) is 0 Å². The third-order valence-corrected chi connectivity index (χ3v) is 4.08. The number of carbonyl (C=O) groups is 1. The van der Waals surface area contributed by atoms with Crippen LogP contribution in [0.25, 0.3) is 0 Å². The van der Waals surface area contributed by atoms with Crippen LogP contribution < -0.4 is 4.90 Å². The summed E-state index contributed by atoms with van der Waals surface area (Å²) >= 11 is 0.